The maximum Gasteiger partial charge on any atom is 0.325 e. The first kappa shape index (κ1) is 40.1. The molecule has 4 aromatic heterocycles. The monoisotopic (exact) mass is 843 g/mol. The van der Waals surface area contributed by atoms with Gasteiger partial charge in [-0.2, -0.15) is 5.21 Å². The van der Waals surface area contributed by atoms with Gasteiger partial charge in [-0.05, 0) is 84.0 Å². The fraction of sp³-hybridized carbons (Fsp3) is 0.205. The van der Waals surface area contributed by atoms with Gasteiger partial charge >= 0.3 is 12.1 Å². The lowest BCUT2D eigenvalue weighted by molar-refractivity contribution is -0.151. The summed E-state index contributed by atoms with van der Waals surface area (Å²) in [5, 5.41) is 29.2. The molecular formula is C44H41N15O4. The van der Waals surface area contributed by atoms with E-state index in [1.54, 1.807) is 47.5 Å². The van der Waals surface area contributed by atoms with Crippen LogP contribution in [-0.4, -0.2) is 79.3 Å². The molecule has 0 aliphatic carbocycles. The molecule has 19 heteroatoms. The van der Waals surface area contributed by atoms with Crippen molar-refractivity contribution in [3.8, 4) is 5.69 Å². The number of likely N-dealkylation sites (tertiary alicyclic amines) is 2. The highest BCUT2D eigenvalue weighted by atomic mass is 16.2. The Labute approximate surface area is 359 Å². The zero-order chi connectivity index (χ0) is 43.6. The molecule has 3 aromatic carbocycles. The number of rotatable bonds is 12. The van der Waals surface area contributed by atoms with Crippen molar-refractivity contribution < 1.29 is 19.2 Å². The zero-order valence-electron chi connectivity index (χ0n) is 33.8. The predicted octanol–water partition coefficient (Wildman–Crippen LogP) is 4.19. The van der Waals surface area contributed by atoms with Crippen LogP contribution in [0.25, 0.3) is 5.69 Å². The topological polar surface area (TPSA) is 262 Å². The molecule has 7 N–H and O–H groups in total. The fourth-order valence-electron chi connectivity index (χ4n) is 8.26. The normalized spacial score (nSPS) is 19.1. The van der Waals surface area contributed by atoms with Crippen LogP contribution in [-0.2, 0) is 22.4 Å². The summed E-state index contributed by atoms with van der Waals surface area (Å²) in [6.07, 6.45) is 5.44. The lowest BCUT2D eigenvalue weighted by Gasteiger charge is -2.44. The Bertz CT molecular complexity index is 2770. The Balaban J connectivity index is 0.956. The molecule has 63 heavy (non-hydrogen) atoms. The molecule has 2 aliphatic heterocycles. The molecule has 6 heterocycles. The number of aromatic amines is 1. The number of imide groups is 2. The quantitative estimate of drug-likeness (QED) is 0.108. The molecule has 2 fully saturated rings. The second kappa shape index (κ2) is 17.0. The molecule has 7 aromatic rings. The minimum Gasteiger partial charge on any atom is -0.384 e. The van der Waals surface area contributed by atoms with Crippen LogP contribution in [0.3, 0.4) is 0 Å². The van der Waals surface area contributed by atoms with E-state index < -0.39 is 47.9 Å². The van der Waals surface area contributed by atoms with E-state index in [0.29, 0.717) is 41.4 Å². The van der Waals surface area contributed by atoms with Gasteiger partial charge < -0.3 is 22.1 Å². The molecule has 0 radical (unpaired) electrons. The highest BCUT2D eigenvalue weighted by molar-refractivity contribution is 6.02. The highest BCUT2D eigenvalue weighted by Gasteiger charge is 2.54. The molecule has 0 bridgehead atoms. The molecule has 0 spiro atoms. The van der Waals surface area contributed by atoms with Crippen molar-refractivity contribution in [3.05, 3.63) is 167 Å². The van der Waals surface area contributed by atoms with Crippen molar-refractivity contribution >= 4 is 35.5 Å². The minimum atomic E-state index is -0.784. The molecule has 1 unspecified atom stereocenters. The Hall–Kier alpha value is -8.35. The lowest BCUT2D eigenvalue weighted by Crippen LogP contribution is -2.61. The first-order valence-corrected chi connectivity index (χ1v) is 20.2. The Morgan fingerprint density at radius 2 is 1.25 bits per heavy atom. The number of nitrogens with zero attached hydrogens (tertiary/aromatic N) is 10. The van der Waals surface area contributed by atoms with Crippen LogP contribution in [0.1, 0.15) is 70.4 Å². The number of nitrogen functional groups attached to an aromatic ring is 2. The van der Waals surface area contributed by atoms with E-state index in [2.05, 4.69) is 51.5 Å². The number of pyridine rings is 2. The number of amides is 6. The summed E-state index contributed by atoms with van der Waals surface area (Å²) in [7, 11) is 0. The number of β-lactam (4-membered cyclic amide) rings is 2. The number of aromatic nitrogens is 9. The van der Waals surface area contributed by atoms with Crippen LogP contribution < -0.4 is 22.1 Å². The summed E-state index contributed by atoms with van der Waals surface area (Å²) in [5.41, 5.74) is 16.8. The van der Waals surface area contributed by atoms with Crippen molar-refractivity contribution in [2.24, 2.45) is 11.8 Å². The average molecular weight is 844 g/mol. The maximum absolute atomic E-state index is 14.1. The minimum absolute atomic E-state index is 0.203. The van der Waals surface area contributed by atoms with Crippen molar-refractivity contribution in [2.45, 2.75) is 43.9 Å². The van der Waals surface area contributed by atoms with Crippen LogP contribution in [0.2, 0.25) is 0 Å². The maximum atomic E-state index is 14.1. The van der Waals surface area contributed by atoms with Gasteiger partial charge in [-0.25, -0.2) is 24.2 Å². The Kier molecular flexibility index (Phi) is 10.8. The van der Waals surface area contributed by atoms with Gasteiger partial charge in [0.1, 0.15) is 23.4 Å². The molecule has 2 aliphatic rings. The van der Waals surface area contributed by atoms with Gasteiger partial charge in [0.15, 0.2) is 5.82 Å². The average Bonchev–Trinajstić information content (AvgIpc) is 4.01. The van der Waals surface area contributed by atoms with Gasteiger partial charge in [-0.3, -0.25) is 19.4 Å². The van der Waals surface area contributed by atoms with Gasteiger partial charge in [0.25, 0.3) is 0 Å². The Morgan fingerprint density at radius 1 is 0.698 bits per heavy atom. The Morgan fingerprint density at radius 3 is 1.84 bits per heavy atom. The van der Waals surface area contributed by atoms with Crippen molar-refractivity contribution in [2.75, 3.05) is 11.5 Å². The SMILES string of the molecule is C[C@@H](NC(=O)N1C(=O)[C@H](Cc2ccnc(N)c2)[C@H]1c1cn(-c2ccc(C(NC(=O)N3C(=O)[C@H](Cc4ccnc(N)c4)[C@H]3c3nn[nH]n3)c3ccccc3)cc2)nn1)c1ccccc1. The van der Waals surface area contributed by atoms with Gasteiger partial charge in [-0.1, -0.05) is 83.2 Å². The van der Waals surface area contributed by atoms with Gasteiger partial charge in [0, 0.05) is 12.4 Å². The van der Waals surface area contributed by atoms with Crippen LogP contribution in [0, 0.1) is 11.8 Å². The molecule has 6 atom stereocenters. The second-order valence-corrected chi connectivity index (χ2v) is 15.4. The molecule has 19 nitrogen and oxygen atoms in total. The third-order valence-corrected chi connectivity index (χ3v) is 11.4. The van der Waals surface area contributed by atoms with Crippen molar-refractivity contribution in [3.63, 3.8) is 0 Å². The molecule has 2 saturated heterocycles. The number of carbonyl (C=O) groups is 4. The molecule has 0 saturated carbocycles. The first-order valence-electron chi connectivity index (χ1n) is 20.2. The van der Waals surface area contributed by atoms with E-state index in [4.69, 9.17) is 11.5 Å². The van der Waals surface area contributed by atoms with Crippen LogP contribution in [0.4, 0.5) is 21.2 Å². The van der Waals surface area contributed by atoms with E-state index in [0.717, 1.165) is 27.2 Å². The van der Waals surface area contributed by atoms with E-state index in [9.17, 15) is 19.2 Å². The van der Waals surface area contributed by atoms with Gasteiger partial charge in [0.05, 0.1) is 41.8 Å². The number of anilines is 2. The number of nitrogens with one attached hydrogen (secondary N) is 3. The van der Waals surface area contributed by atoms with Gasteiger partial charge in [0.2, 0.25) is 11.8 Å². The summed E-state index contributed by atoms with van der Waals surface area (Å²) < 4.78 is 1.56. The third kappa shape index (κ3) is 8.01. The summed E-state index contributed by atoms with van der Waals surface area (Å²) in [6.45, 7) is 1.85. The summed E-state index contributed by atoms with van der Waals surface area (Å²) in [5.74, 6) is -1.16. The summed E-state index contributed by atoms with van der Waals surface area (Å²) in [4.78, 5) is 65.7. The van der Waals surface area contributed by atoms with Crippen LogP contribution in [0.5, 0.6) is 0 Å². The van der Waals surface area contributed by atoms with E-state index in [-0.39, 0.29) is 17.8 Å². The number of benzene rings is 3. The first-order chi connectivity index (χ1) is 30.6. The summed E-state index contributed by atoms with van der Waals surface area (Å²) in [6, 6.07) is 29.4. The zero-order valence-corrected chi connectivity index (χ0v) is 33.8. The summed E-state index contributed by atoms with van der Waals surface area (Å²) >= 11 is 0. The van der Waals surface area contributed by atoms with Gasteiger partial charge in [-0.15, -0.1) is 15.3 Å². The molecular weight excluding hydrogens is 803 g/mol. The van der Waals surface area contributed by atoms with Crippen LogP contribution >= 0.6 is 0 Å². The number of urea groups is 2. The number of hydrogen-bond acceptors (Lipinski definition) is 13. The molecule has 316 valence electrons. The smallest absolute Gasteiger partial charge is 0.325 e. The standard InChI is InChI=1S/C44H41N15O4/c1-25(28-8-4-2-5-9-28)49-43(62)58-38(32(41(58)60)20-26-16-18-47-35(45)22-26)34-24-57(56-51-34)31-14-12-30(13-15-31)37(29-10-6-3-7-11-29)50-44(63)59-39(40-52-54-55-53-40)33(42(59)61)21-27-17-19-48-36(46)23-27/h2-19,22-25,32-33,37-39H,20-21H2,1H3,(H2,45,47)(H2,46,48)(H,49,62)(H,50,63)(H,52,53,54,55)/t25-,32-,33-,37?,38+,39+/m1/s1. The van der Waals surface area contributed by atoms with E-state index in [1.165, 1.54) is 4.90 Å². The number of hydrogen-bond donors (Lipinski definition) is 5. The van der Waals surface area contributed by atoms with Crippen molar-refractivity contribution in [1.82, 2.24) is 66.0 Å². The third-order valence-electron chi connectivity index (χ3n) is 11.4. The second-order valence-electron chi connectivity index (χ2n) is 15.4. The van der Waals surface area contributed by atoms with E-state index >= 15 is 0 Å². The van der Waals surface area contributed by atoms with Crippen LogP contribution in [0.15, 0.2) is 128 Å². The number of carbonyl (C=O) groups excluding carboxylic acids is 4. The van der Waals surface area contributed by atoms with Crippen molar-refractivity contribution in [1.29, 1.82) is 0 Å². The van der Waals surface area contributed by atoms with E-state index in [1.807, 2.05) is 91.9 Å². The number of nitrogens with two attached hydrogens (primary N) is 2. The fourth-order valence-corrected chi connectivity index (χ4v) is 8.26. The molecule has 9 rings (SSSR count). The lowest BCUT2D eigenvalue weighted by atomic mass is 9.81. The largest absolute Gasteiger partial charge is 0.384 e. The predicted molar refractivity (Wildman–Crippen MR) is 227 cm³/mol. The highest BCUT2D eigenvalue weighted by Crippen LogP contribution is 2.43. The number of tetrazole rings is 1. The number of H-pyrrole nitrogens is 1. The molecule has 6 amide bonds.